The maximum atomic E-state index is 11.4. The van der Waals surface area contributed by atoms with Crippen molar-refractivity contribution in [2.24, 2.45) is 0 Å². The molecule has 0 saturated heterocycles. The number of nitrogens with zero attached hydrogens (tertiary/aromatic N) is 1. The molecular formula is C11H13NO4. The predicted molar refractivity (Wildman–Crippen MR) is 56.3 cm³/mol. The van der Waals surface area contributed by atoms with E-state index in [1.807, 2.05) is 6.92 Å². The molecule has 86 valence electrons. The summed E-state index contributed by atoms with van der Waals surface area (Å²) in [5, 5.41) is 0. The number of hydrogen-bond acceptors (Lipinski definition) is 5. The first kappa shape index (κ1) is 12.2. The number of rotatable bonds is 3. The van der Waals surface area contributed by atoms with Gasteiger partial charge < -0.3 is 9.47 Å². The van der Waals surface area contributed by atoms with Crippen molar-refractivity contribution in [1.29, 1.82) is 0 Å². The van der Waals surface area contributed by atoms with E-state index in [9.17, 15) is 9.59 Å². The summed E-state index contributed by atoms with van der Waals surface area (Å²) in [5.74, 6) is -1.24. The molecule has 0 fully saturated rings. The number of pyridine rings is 1. The normalized spacial score (nSPS) is 9.69. The predicted octanol–water partition coefficient (Wildman–Crippen LogP) is 1.22. The van der Waals surface area contributed by atoms with Crippen LogP contribution in [0.3, 0.4) is 0 Å². The summed E-state index contributed by atoms with van der Waals surface area (Å²) in [6.45, 7) is 1.90. The number of ether oxygens (including phenoxy) is 2. The number of aryl methyl sites for hydroxylation is 1. The van der Waals surface area contributed by atoms with Gasteiger partial charge in [-0.15, -0.1) is 0 Å². The first-order chi connectivity index (χ1) is 7.63. The van der Waals surface area contributed by atoms with Crippen molar-refractivity contribution in [1.82, 2.24) is 4.98 Å². The molecule has 5 nitrogen and oxygen atoms in total. The van der Waals surface area contributed by atoms with Gasteiger partial charge in [0.2, 0.25) is 0 Å². The Morgan fingerprint density at radius 3 is 2.31 bits per heavy atom. The minimum Gasteiger partial charge on any atom is -0.465 e. The summed E-state index contributed by atoms with van der Waals surface area (Å²) in [7, 11) is 2.49. The number of esters is 2. The van der Waals surface area contributed by atoms with Crippen LogP contribution in [0.15, 0.2) is 12.1 Å². The van der Waals surface area contributed by atoms with Crippen LogP contribution >= 0.6 is 0 Å². The third-order valence-corrected chi connectivity index (χ3v) is 2.10. The summed E-state index contributed by atoms with van der Waals surface area (Å²) in [5.41, 5.74) is 0.827. The quantitative estimate of drug-likeness (QED) is 0.721. The highest BCUT2D eigenvalue weighted by molar-refractivity contribution is 6.01. The molecule has 0 saturated carbocycles. The van der Waals surface area contributed by atoms with Gasteiger partial charge in [0.1, 0.15) is 0 Å². The van der Waals surface area contributed by atoms with Crippen molar-refractivity contribution in [2.45, 2.75) is 13.3 Å². The Kier molecular flexibility index (Phi) is 3.99. The Morgan fingerprint density at radius 1 is 1.19 bits per heavy atom. The Morgan fingerprint density at radius 2 is 1.81 bits per heavy atom. The van der Waals surface area contributed by atoms with Crippen molar-refractivity contribution < 1.29 is 19.1 Å². The van der Waals surface area contributed by atoms with Crippen LogP contribution in [-0.4, -0.2) is 31.1 Å². The minimum absolute atomic E-state index is 0.00583. The lowest BCUT2D eigenvalue weighted by Crippen LogP contribution is -2.14. The number of carbonyl (C=O) groups excluding carboxylic acids is 2. The fourth-order valence-corrected chi connectivity index (χ4v) is 1.22. The summed E-state index contributed by atoms with van der Waals surface area (Å²) >= 11 is 0. The van der Waals surface area contributed by atoms with Gasteiger partial charge >= 0.3 is 11.9 Å². The average Bonchev–Trinajstić information content (AvgIpc) is 2.36. The highest BCUT2D eigenvalue weighted by Gasteiger charge is 2.20. The first-order valence-corrected chi connectivity index (χ1v) is 4.80. The van der Waals surface area contributed by atoms with Gasteiger partial charge in [-0.3, -0.25) is 0 Å². The molecule has 0 radical (unpaired) electrons. The standard InChI is InChI=1S/C11H13NO4/c1-4-7-5-6-8(10(13)15-2)9(12-7)11(14)16-3/h5-6H,4H2,1-3H3. The third-order valence-electron chi connectivity index (χ3n) is 2.10. The molecule has 0 bridgehead atoms. The molecule has 0 unspecified atom stereocenters. The molecule has 1 aromatic heterocycles. The van der Waals surface area contributed by atoms with E-state index in [1.54, 1.807) is 6.07 Å². The van der Waals surface area contributed by atoms with E-state index in [0.717, 1.165) is 0 Å². The lowest BCUT2D eigenvalue weighted by Gasteiger charge is -2.06. The Balaban J connectivity index is 3.26. The van der Waals surface area contributed by atoms with Crippen LogP contribution in [0, 0.1) is 0 Å². The molecule has 1 aromatic rings. The van der Waals surface area contributed by atoms with Crippen LogP contribution in [0.2, 0.25) is 0 Å². The van der Waals surface area contributed by atoms with E-state index in [2.05, 4.69) is 14.5 Å². The minimum atomic E-state index is -0.643. The van der Waals surface area contributed by atoms with Crippen LogP contribution < -0.4 is 0 Å². The van der Waals surface area contributed by atoms with Crippen molar-refractivity contribution >= 4 is 11.9 Å². The zero-order chi connectivity index (χ0) is 12.1. The van der Waals surface area contributed by atoms with E-state index >= 15 is 0 Å². The molecule has 16 heavy (non-hydrogen) atoms. The second kappa shape index (κ2) is 5.25. The summed E-state index contributed by atoms with van der Waals surface area (Å²) in [6.07, 6.45) is 0.672. The van der Waals surface area contributed by atoms with Gasteiger partial charge in [-0.05, 0) is 18.6 Å². The molecule has 1 heterocycles. The van der Waals surface area contributed by atoms with E-state index in [0.29, 0.717) is 12.1 Å². The molecule has 5 heteroatoms. The molecule has 0 aliphatic rings. The fraction of sp³-hybridized carbons (Fsp3) is 0.364. The fourth-order valence-electron chi connectivity index (χ4n) is 1.22. The van der Waals surface area contributed by atoms with E-state index in [1.165, 1.54) is 20.3 Å². The lowest BCUT2D eigenvalue weighted by atomic mass is 10.1. The summed E-state index contributed by atoms with van der Waals surface area (Å²) in [6, 6.07) is 3.20. The molecule has 0 N–H and O–H groups in total. The lowest BCUT2D eigenvalue weighted by molar-refractivity contribution is 0.0549. The first-order valence-electron chi connectivity index (χ1n) is 4.80. The largest absolute Gasteiger partial charge is 0.465 e. The maximum Gasteiger partial charge on any atom is 0.357 e. The van der Waals surface area contributed by atoms with Gasteiger partial charge in [0.15, 0.2) is 5.69 Å². The van der Waals surface area contributed by atoms with Gasteiger partial charge in [-0.1, -0.05) is 6.92 Å². The SMILES string of the molecule is CCc1ccc(C(=O)OC)c(C(=O)OC)n1. The number of methoxy groups -OCH3 is 2. The maximum absolute atomic E-state index is 11.4. The van der Waals surface area contributed by atoms with Crippen LogP contribution in [-0.2, 0) is 15.9 Å². The topological polar surface area (TPSA) is 65.5 Å². The van der Waals surface area contributed by atoms with Crippen LogP contribution in [0.4, 0.5) is 0 Å². The second-order valence-electron chi connectivity index (χ2n) is 3.04. The zero-order valence-corrected chi connectivity index (χ0v) is 9.44. The van der Waals surface area contributed by atoms with E-state index in [-0.39, 0.29) is 11.3 Å². The summed E-state index contributed by atoms with van der Waals surface area (Å²) < 4.78 is 9.12. The van der Waals surface area contributed by atoms with E-state index < -0.39 is 11.9 Å². The molecular weight excluding hydrogens is 210 g/mol. The van der Waals surface area contributed by atoms with Gasteiger partial charge in [-0.25, -0.2) is 14.6 Å². The molecule has 0 atom stereocenters. The van der Waals surface area contributed by atoms with Crippen molar-refractivity contribution in [3.63, 3.8) is 0 Å². The van der Waals surface area contributed by atoms with Gasteiger partial charge in [0, 0.05) is 5.69 Å². The highest BCUT2D eigenvalue weighted by Crippen LogP contribution is 2.11. The molecule has 0 aromatic carbocycles. The highest BCUT2D eigenvalue weighted by atomic mass is 16.5. The van der Waals surface area contributed by atoms with Gasteiger partial charge in [0.25, 0.3) is 0 Å². The van der Waals surface area contributed by atoms with Crippen molar-refractivity contribution in [2.75, 3.05) is 14.2 Å². The zero-order valence-electron chi connectivity index (χ0n) is 9.44. The van der Waals surface area contributed by atoms with Gasteiger partial charge in [-0.2, -0.15) is 0 Å². The number of carbonyl (C=O) groups is 2. The summed E-state index contributed by atoms with van der Waals surface area (Å²) in [4.78, 5) is 26.9. The Bertz CT molecular complexity index is 414. The molecule has 0 aliphatic heterocycles. The number of aromatic nitrogens is 1. The second-order valence-corrected chi connectivity index (χ2v) is 3.04. The molecule has 0 spiro atoms. The van der Waals surface area contributed by atoms with Crippen LogP contribution in [0.1, 0.15) is 33.5 Å². The number of hydrogen-bond donors (Lipinski definition) is 0. The van der Waals surface area contributed by atoms with E-state index in [4.69, 9.17) is 0 Å². The molecule has 0 aliphatic carbocycles. The molecule has 0 amide bonds. The van der Waals surface area contributed by atoms with Crippen LogP contribution in [0.25, 0.3) is 0 Å². The van der Waals surface area contributed by atoms with Crippen molar-refractivity contribution in [3.8, 4) is 0 Å². The van der Waals surface area contributed by atoms with Gasteiger partial charge in [0.05, 0.1) is 19.8 Å². The molecule has 1 rings (SSSR count). The Labute approximate surface area is 93.4 Å². The monoisotopic (exact) mass is 223 g/mol. The van der Waals surface area contributed by atoms with Crippen molar-refractivity contribution in [3.05, 3.63) is 29.1 Å². The average molecular weight is 223 g/mol. The Hall–Kier alpha value is -1.91. The third kappa shape index (κ3) is 2.36. The van der Waals surface area contributed by atoms with Crippen LogP contribution in [0.5, 0.6) is 0 Å². The smallest absolute Gasteiger partial charge is 0.357 e.